The molecule has 0 bridgehead atoms. The first kappa shape index (κ1) is 15.4. The number of ether oxygens (including phenoxy) is 1. The summed E-state index contributed by atoms with van der Waals surface area (Å²) >= 11 is 0. The molecule has 0 aliphatic heterocycles. The number of benzene rings is 2. The van der Waals surface area contributed by atoms with E-state index >= 15 is 0 Å². The van der Waals surface area contributed by atoms with Crippen LogP contribution in [0.4, 0.5) is 8.78 Å². The van der Waals surface area contributed by atoms with E-state index in [4.69, 9.17) is 4.74 Å². The number of halogens is 2. The van der Waals surface area contributed by atoms with Crippen molar-refractivity contribution < 1.29 is 13.5 Å². The number of hydrogen-bond acceptors (Lipinski definition) is 2. The first-order valence-electron chi connectivity index (χ1n) is 7.07. The molecule has 0 aliphatic carbocycles. The molecule has 0 radical (unpaired) electrons. The SMILES string of the molecule is CCCNC(C)c1ccccc1Oc1ccc(F)c(F)c1. The van der Waals surface area contributed by atoms with Gasteiger partial charge >= 0.3 is 0 Å². The average Bonchev–Trinajstić information content (AvgIpc) is 2.49. The lowest BCUT2D eigenvalue weighted by atomic mass is 10.1. The molecule has 0 saturated carbocycles. The highest BCUT2D eigenvalue weighted by molar-refractivity contribution is 5.39. The van der Waals surface area contributed by atoms with Gasteiger partial charge in [0, 0.05) is 17.7 Å². The van der Waals surface area contributed by atoms with Crippen LogP contribution in [-0.4, -0.2) is 6.54 Å². The summed E-state index contributed by atoms with van der Waals surface area (Å²) in [7, 11) is 0. The molecule has 0 heterocycles. The van der Waals surface area contributed by atoms with Crippen molar-refractivity contribution in [3.05, 3.63) is 59.7 Å². The molecule has 4 heteroatoms. The minimum Gasteiger partial charge on any atom is -0.457 e. The molecule has 1 atom stereocenters. The molecule has 2 aromatic carbocycles. The van der Waals surface area contributed by atoms with Crippen LogP contribution >= 0.6 is 0 Å². The summed E-state index contributed by atoms with van der Waals surface area (Å²) in [5.74, 6) is -0.876. The smallest absolute Gasteiger partial charge is 0.162 e. The molecule has 0 amide bonds. The van der Waals surface area contributed by atoms with Crippen LogP contribution in [0.25, 0.3) is 0 Å². The predicted molar refractivity (Wildman–Crippen MR) is 79.6 cm³/mol. The number of nitrogens with one attached hydrogen (secondary N) is 1. The third-order valence-corrected chi connectivity index (χ3v) is 3.20. The molecule has 0 aromatic heterocycles. The third-order valence-electron chi connectivity index (χ3n) is 3.20. The van der Waals surface area contributed by atoms with Gasteiger partial charge in [-0.1, -0.05) is 25.1 Å². The van der Waals surface area contributed by atoms with Crippen molar-refractivity contribution in [3.63, 3.8) is 0 Å². The molecule has 2 nitrogen and oxygen atoms in total. The molecule has 21 heavy (non-hydrogen) atoms. The lowest BCUT2D eigenvalue weighted by molar-refractivity contribution is 0.447. The maximum Gasteiger partial charge on any atom is 0.162 e. The molecule has 112 valence electrons. The van der Waals surface area contributed by atoms with Gasteiger partial charge in [0.1, 0.15) is 11.5 Å². The molecular weight excluding hydrogens is 272 g/mol. The van der Waals surface area contributed by atoms with Gasteiger partial charge in [-0.2, -0.15) is 0 Å². The van der Waals surface area contributed by atoms with Crippen molar-refractivity contribution in [2.24, 2.45) is 0 Å². The van der Waals surface area contributed by atoms with Gasteiger partial charge in [0.2, 0.25) is 0 Å². The van der Waals surface area contributed by atoms with E-state index in [9.17, 15) is 8.78 Å². The Labute approximate surface area is 123 Å². The Balaban J connectivity index is 2.21. The van der Waals surface area contributed by atoms with Gasteiger partial charge in [0.05, 0.1) is 0 Å². The maximum atomic E-state index is 13.2. The minimum atomic E-state index is -0.915. The molecular formula is C17H19F2NO. The van der Waals surface area contributed by atoms with Crippen molar-refractivity contribution in [1.82, 2.24) is 5.32 Å². The Bertz CT molecular complexity index is 601. The summed E-state index contributed by atoms with van der Waals surface area (Å²) in [6, 6.07) is 11.2. The molecule has 2 aromatic rings. The zero-order valence-corrected chi connectivity index (χ0v) is 12.2. The molecule has 1 N–H and O–H groups in total. The second kappa shape index (κ2) is 7.18. The number of rotatable bonds is 6. The van der Waals surface area contributed by atoms with Crippen LogP contribution in [-0.2, 0) is 0 Å². The van der Waals surface area contributed by atoms with Crippen molar-refractivity contribution in [3.8, 4) is 11.5 Å². The number of para-hydroxylation sites is 1. The van der Waals surface area contributed by atoms with Crippen LogP contribution in [0.2, 0.25) is 0 Å². The average molecular weight is 291 g/mol. The summed E-state index contributed by atoms with van der Waals surface area (Å²) < 4.78 is 31.9. The van der Waals surface area contributed by atoms with Gasteiger partial charge in [-0.15, -0.1) is 0 Å². The molecule has 0 aliphatic rings. The lowest BCUT2D eigenvalue weighted by Crippen LogP contribution is -2.19. The van der Waals surface area contributed by atoms with E-state index in [0.29, 0.717) is 5.75 Å². The Morgan fingerprint density at radius 2 is 1.86 bits per heavy atom. The zero-order chi connectivity index (χ0) is 15.2. The Hall–Kier alpha value is -1.94. The number of hydrogen-bond donors (Lipinski definition) is 1. The van der Waals surface area contributed by atoms with Crippen LogP contribution in [0.3, 0.4) is 0 Å². The van der Waals surface area contributed by atoms with Crippen molar-refractivity contribution in [1.29, 1.82) is 0 Å². The molecule has 2 rings (SSSR count). The second-order valence-corrected chi connectivity index (χ2v) is 4.89. The van der Waals surface area contributed by atoms with E-state index in [1.165, 1.54) is 6.07 Å². The minimum absolute atomic E-state index is 0.117. The fourth-order valence-electron chi connectivity index (χ4n) is 2.07. The van der Waals surface area contributed by atoms with Crippen molar-refractivity contribution >= 4 is 0 Å². The van der Waals surface area contributed by atoms with Crippen LogP contribution in [0, 0.1) is 11.6 Å². The zero-order valence-electron chi connectivity index (χ0n) is 12.2. The first-order chi connectivity index (χ1) is 10.1. The van der Waals surface area contributed by atoms with E-state index in [1.807, 2.05) is 31.2 Å². The summed E-state index contributed by atoms with van der Waals surface area (Å²) in [4.78, 5) is 0. The summed E-state index contributed by atoms with van der Waals surface area (Å²) in [5, 5.41) is 3.38. The fraction of sp³-hybridized carbons (Fsp3) is 0.294. The van der Waals surface area contributed by atoms with Gasteiger partial charge < -0.3 is 10.1 Å². The standard InChI is InChI=1S/C17H19F2NO/c1-3-10-20-12(2)14-6-4-5-7-17(14)21-13-8-9-15(18)16(19)11-13/h4-9,11-12,20H,3,10H2,1-2H3. The Morgan fingerprint density at radius 1 is 1.10 bits per heavy atom. The van der Waals surface area contributed by atoms with Crippen LogP contribution in [0.15, 0.2) is 42.5 Å². The topological polar surface area (TPSA) is 21.3 Å². The largest absolute Gasteiger partial charge is 0.457 e. The van der Waals surface area contributed by atoms with Crippen molar-refractivity contribution in [2.45, 2.75) is 26.3 Å². The predicted octanol–water partition coefficient (Wildman–Crippen LogP) is 4.82. The van der Waals surface area contributed by atoms with E-state index in [0.717, 1.165) is 30.7 Å². The van der Waals surface area contributed by atoms with E-state index in [1.54, 1.807) is 0 Å². The highest BCUT2D eigenvalue weighted by Crippen LogP contribution is 2.30. The van der Waals surface area contributed by atoms with E-state index in [-0.39, 0.29) is 11.8 Å². The quantitative estimate of drug-likeness (QED) is 0.824. The van der Waals surface area contributed by atoms with Crippen LogP contribution in [0.1, 0.15) is 31.9 Å². The van der Waals surface area contributed by atoms with E-state index in [2.05, 4.69) is 12.2 Å². The molecule has 0 saturated heterocycles. The lowest BCUT2D eigenvalue weighted by Gasteiger charge is -2.18. The van der Waals surface area contributed by atoms with Gasteiger partial charge in [-0.3, -0.25) is 0 Å². The highest BCUT2D eigenvalue weighted by Gasteiger charge is 2.12. The van der Waals surface area contributed by atoms with Crippen molar-refractivity contribution in [2.75, 3.05) is 6.54 Å². The summed E-state index contributed by atoms with van der Waals surface area (Å²) in [6.07, 6.45) is 1.04. The van der Waals surface area contributed by atoms with E-state index < -0.39 is 11.6 Å². The maximum absolute atomic E-state index is 13.2. The summed E-state index contributed by atoms with van der Waals surface area (Å²) in [6.45, 7) is 5.05. The Morgan fingerprint density at radius 3 is 2.57 bits per heavy atom. The normalized spacial score (nSPS) is 12.2. The highest BCUT2D eigenvalue weighted by atomic mass is 19.2. The van der Waals surface area contributed by atoms with Crippen LogP contribution in [0.5, 0.6) is 11.5 Å². The van der Waals surface area contributed by atoms with Gasteiger partial charge in [0.25, 0.3) is 0 Å². The molecule has 0 fully saturated rings. The summed E-state index contributed by atoms with van der Waals surface area (Å²) in [5.41, 5.74) is 0.982. The van der Waals surface area contributed by atoms with Gasteiger partial charge in [-0.25, -0.2) is 8.78 Å². The first-order valence-corrected chi connectivity index (χ1v) is 7.07. The Kier molecular flexibility index (Phi) is 5.28. The van der Waals surface area contributed by atoms with Gasteiger partial charge in [0.15, 0.2) is 11.6 Å². The fourth-order valence-corrected chi connectivity index (χ4v) is 2.07. The molecule has 1 unspecified atom stereocenters. The van der Waals surface area contributed by atoms with Gasteiger partial charge in [-0.05, 0) is 38.1 Å². The monoisotopic (exact) mass is 291 g/mol. The van der Waals surface area contributed by atoms with Crippen LogP contribution < -0.4 is 10.1 Å². The third kappa shape index (κ3) is 4.02. The molecule has 0 spiro atoms. The second-order valence-electron chi connectivity index (χ2n) is 4.89.